The molecule has 9 nitrogen and oxygen atoms in total. The van der Waals surface area contributed by atoms with Gasteiger partial charge in [-0.2, -0.15) is 0 Å². The lowest BCUT2D eigenvalue weighted by Gasteiger charge is -2.34. The quantitative estimate of drug-likeness (QED) is 0.108. The Labute approximate surface area is 306 Å². The maximum atomic E-state index is 14.4. The summed E-state index contributed by atoms with van der Waals surface area (Å²) < 4.78 is 80.0. The zero-order valence-electron chi connectivity index (χ0n) is 28.4. The van der Waals surface area contributed by atoms with Gasteiger partial charge in [0.15, 0.2) is 11.6 Å². The standard InChI is InChI=1S/C37H34F5N5O4.BrH/c1-22-29(38)18-28(35(42)34(22)41)36(48)44(2)25-6-11-33(43-19-25)51-27-9-10-30-24(16-27)17-31(45(30)3)37(49)47-14-12-46(13-15-47)20-23-4-7-26(8-5-23)50-21-32(39)40;/h4-11,16-19,32H,12-15,20-21H2,1-3H3;1H. The van der Waals surface area contributed by atoms with Crippen LogP contribution in [0.4, 0.5) is 27.6 Å². The molecular formula is C37H35BrF5N5O4. The lowest BCUT2D eigenvalue weighted by Crippen LogP contribution is -2.48. The van der Waals surface area contributed by atoms with Crippen molar-refractivity contribution in [3.05, 3.63) is 113 Å². The van der Waals surface area contributed by atoms with Gasteiger partial charge in [-0.25, -0.2) is 26.9 Å². The molecule has 2 aromatic heterocycles. The number of hydrogen-bond donors (Lipinski definition) is 0. The minimum atomic E-state index is -2.53. The average molecular weight is 789 g/mol. The minimum absolute atomic E-state index is 0. The number of carbonyl (C=O) groups excluding carboxylic acids is 2. The minimum Gasteiger partial charge on any atom is -0.488 e. The Hall–Kier alpha value is -5.02. The topological polar surface area (TPSA) is 80.1 Å². The largest absolute Gasteiger partial charge is 0.488 e. The van der Waals surface area contributed by atoms with Crippen molar-refractivity contribution in [3.8, 4) is 17.4 Å². The molecule has 1 aliphatic rings. The van der Waals surface area contributed by atoms with Gasteiger partial charge in [-0.05, 0) is 61.0 Å². The molecule has 6 rings (SSSR count). The second-order valence-electron chi connectivity index (χ2n) is 12.2. The third kappa shape index (κ3) is 8.20. The predicted octanol–water partition coefficient (Wildman–Crippen LogP) is 7.55. The van der Waals surface area contributed by atoms with E-state index in [-0.39, 0.29) is 34.5 Å². The maximum Gasteiger partial charge on any atom is 0.272 e. The van der Waals surface area contributed by atoms with Crippen molar-refractivity contribution in [2.45, 2.75) is 19.9 Å². The van der Waals surface area contributed by atoms with Gasteiger partial charge in [0.2, 0.25) is 5.88 Å². The van der Waals surface area contributed by atoms with Crippen LogP contribution < -0.4 is 14.4 Å². The molecule has 0 atom stereocenters. The summed E-state index contributed by atoms with van der Waals surface area (Å²) in [6.45, 7) is 3.53. The summed E-state index contributed by atoms with van der Waals surface area (Å²) in [4.78, 5) is 35.7. The van der Waals surface area contributed by atoms with E-state index in [0.29, 0.717) is 56.0 Å². The fraction of sp³-hybridized carbons (Fsp3) is 0.270. The third-order valence-corrected chi connectivity index (χ3v) is 8.85. The molecule has 3 aromatic carbocycles. The van der Waals surface area contributed by atoms with Crippen LogP contribution in [0.15, 0.2) is 72.9 Å². The van der Waals surface area contributed by atoms with Crippen molar-refractivity contribution in [1.82, 2.24) is 19.4 Å². The molecule has 15 heteroatoms. The molecule has 1 saturated heterocycles. The number of ether oxygens (including phenoxy) is 2. The first-order valence-corrected chi connectivity index (χ1v) is 16.1. The number of aryl methyl sites for hydroxylation is 1. The molecule has 0 N–H and O–H groups in total. The SMILES string of the molecule is Br.Cc1c(F)cc(C(=O)N(C)c2ccc(Oc3ccc4c(c3)cc(C(=O)N3CCN(Cc5ccc(OCC(F)F)cc5)CC3)n4C)nc2)c(F)c1F. The smallest absolute Gasteiger partial charge is 0.272 e. The van der Waals surface area contributed by atoms with E-state index < -0.39 is 47.5 Å². The van der Waals surface area contributed by atoms with Gasteiger partial charge in [0.25, 0.3) is 18.2 Å². The van der Waals surface area contributed by atoms with Crippen molar-refractivity contribution in [2.24, 2.45) is 7.05 Å². The number of anilines is 1. The number of piperazine rings is 1. The summed E-state index contributed by atoms with van der Waals surface area (Å²) in [5.74, 6) is -3.88. The van der Waals surface area contributed by atoms with Crippen molar-refractivity contribution in [1.29, 1.82) is 0 Å². The molecule has 1 fully saturated rings. The van der Waals surface area contributed by atoms with Crippen molar-refractivity contribution in [2.75, 3.05) is 44.7 Å². The first kappa shape index (κ1) is 38.2. The Balaban J connectivity index is 0.00000523. The highest BCUT2D eigenvalue weighted by molar-refractivity contribution is 8.93. The predicted molar refractivity (Wildman–Crippen MR) is 190 cm³/mol. The number of benzene rings is 3. The van der Waals surface area contributed by atoms with E-state index in [9.17, 15) is 31.5 Å². The molecule has 0 spiro atoms. The van der Waals surface area contributed by atoms with E-state index in [4.69, 9.17) is 9.47 Å². The number of carbonyl (C=O) groups is 2. The molecule has 2 amide bonds. The number of halogens is 6. The number of alkyl halides is 2. The van der Waals surface area contributed by atoms with Crippen molar-refractivity contribution >= 4 is 45.4 Å². The first-order valence-electron chi connectivity index (χ1n) is 16.1. The maximum absolute atomic E-state index is 14.4. The summed E-state index contributed by atoms with van der Waals surface area (Å²) in [7, 11) is 3.15. The lowest BCUT2D eigenvalue weighted by atomic mass is 10.1. The van der Waals surface area contributed by atoms with Crippen LogP contribution in [0, 0.1) is 24.4 Å². The summed E-state index contributed by atoms with van der Waals surface area (Å²) in [6.07, 6.45) is -1.21. The molecule has 5 aromatic rings. The monoisotopic (exact) mass is 787 g/mol. The van der Waals surface area contributed by atoms with Crippen molar-refractivity contribution in [3.63, 3.8) is 0 Å². The number of hydrogen-bond acceptors (Lipinski definition) is 6. The van der Waals surface area contributed by atoms with E-state index >= 15 is 0 Å². The van der Waals surface area contributed by atoms with E-state index in [0.717, 1.165) is 28.3 Å². The van der Waals surface area contributed by atoms with Gasteiger partial charge >= 0.3 is 0 Å². The van der Waals surface area contributed by atoms with Gasteiger partial charge in [-0.1, -0.05) is 12.1 Å². The van der Waals surface area contributed by atoms with E-state index in [1.165, 1.54) is 25.4 Å². The van der Waals surface area contributed by atoms with Crippen LogP contribution in [0.2, 0.25) is 0 Å². The summed E-state index contributed by atoms with van der Waals surface area (Å²) in [5, 5.41) is 0.777. The Kier molecular flexibility index (Phi) is 11.8. The normalized spacial score (nSPS) is 13.3. The fourth-order valence-electron chi connectivity index (χ4n) is 5.87. The number of nitrogens with zero attached hydrogens (tertiary/aromatic N) is 5. The molecule has 0 aliphatic carbocycles. The van der Waals surface area contributed by atoms with Crippen LogP contribution in [0.25, 0.3) is 10.9 Å². The molecule has 3 heterocycles. The molecule has 0 bridgehead atoms. The zero-order valence-corrected chi connectivity index (χ0v) is 30.1. The van der Waals surface area contributed by atoms with Crippen LogP contribution in [-0.2, 0) is 13.6 Å². The Morgan fingerprint density at radius 1 is 0.904 bits per heavy atom. The molecule has 52 heavy (non-hydrogen) atoms. The number of rotatable bonds is 10. The molecular weight excluding hydrogens is 753 g/mol. The first-order chi connectivity index (χ1) is 24.4. The van der Waals surface area contributed by atoms with Crippen LogP contribution in [0.3, 0.4) is 0 Å². The molecule has 0 saturated carbocycles. The second kappa shape index (κ2) is 16.1. The zero-order chi connectivity index (χ0) is 36.4. The molecule has 1 aliphatic heterocycles. The highest BCUT2D eigenvalue weighted by atomic mass is 79.9. The molecule has 0 radical (unpaired) electrons. The summed E-state index contributed by atoms with van der Waals surface area (Å²) >= 11 is 0. The van der Waals surface area contributed by atoms with Crippen LogP contribution in [0.5, 0.6) is 17.4 Å². The van der Waals surface area contributed by atoms with Gasteiger partial charge in [0.05, 0.1) is 17.4 Å². The van der Waals surface area contributed by atoms with Crippen LogP contribution >= 0.6 is 17.0 Å². The Bertz CT molecular complexity index is 2070. The Morgan fingerprint density at radius 2 is 1.60 bits per heavy atom. The summed E-state index contributed by atoms with van der Waals surface area (Å²) in [5.41, 5.74) is 1.36. The Morgan fingerprint density at radius 3 is 2.25 bits per heavy atom. The molecule has 274 valence electrons. The highest BCUT2D eigenvalue weighted by Gasteiger charge is 2.26. The van der Waals surface area contributed by atoms with Gasteiger partial charge in [-0.3, -0.25) is 14.5 Å². The van der Waals surface area contributed by atoms with Crippen LogP contribution in [-0.4, -0.2) is 77.4 Å². The van der Waals surface area contributed by atoms with Crippen LogP contribution in [0.1, 0.15) is 32.0 Å². The van der Waals surface area contributed by atoms with Crippen molar-refractivity contribution < 1.29 is 41.0 Å². The lowest BCUT2D eigenvalue weighted by molar-refractivity contribution is 0.0619. The third-order valence-electron chi connectivity index (χ3n) is 8.85. The van der Waals surface area contributed by atoms with E-state index in [2.05, 4.69) is 9.88 Å². The summed E-state index contributed by atoms with van der Waals surface area (Å²) in [6, 6.07) is 17.9. The van der Waals surface area contributed by atoms with Gasteiger partial charge in [-0.15, -0.1) is 17.0 Å². The number of pyridine rings is 1. The van der Waals surface area contributed by atoms with Gasteiger partial charge in [0, 0.05) is 69.4 Å². The second-order valence-corrected chi connectivity index (χ2v) is 12.2. The van der Waals surface area contributed by atoms with Gasteiger partial charge in [0.1, 0.15) is 29.6 Å². The fourth-order valence-corrected chi connectivity index (χ4v) is 5.87. The number of aromatic nitrogens is 2. The molecule has 0 unspecified atom stereocenters. The highest BCUT2D eigenvalue weighted by Crippen LogP contribution is 2.29. The van der Waals surface area contributed by atoms with Gasteiger partial charge < -0.3 is 23.8 Å². The average Bonchev–Trinajstić information content (AvgIpc) is 3.46. The number of amides is 2. The van der Waals surface area contributed by atoms with E-state index in [1.54, 1.807) is 24.3 Å². The number of fused-ring (bicyclic) bond motifs is 1. The van der Waals surface area contributed by atoms with E-state index in [1.807, 2.05) is 40.8 Å².